The first-order valence-electron chi connectivity index (χ1n) is 15.8. The van der Waals surface area contributed by atoms with E-state index in [9.17, 15) is 19.2 Å². The SMILES string of the molecule is CCCCC(CC)C(=O)O.CCCCC(CC)C(=O)O.CCCCC(CC)C(=O)O.CCCCC(CC)C(=O)O.[Ti].[Zr]. The summed E-state index contributed by atoms with van der Waals surface area (Å²) in [5.74, 6) is -3.02. The summed E-state index contributed by atoms with van der Waals surface area (Å²) in [6.07, 6.45) is 14.9. The molecule has 0 aromatic rings. The van der Waals surface area contributed by atoms with E-state index >= 15 is 0 Å². The van der Waals surface area contributed by atoms with Gasteiger partial charge in [-0.05, 0) is 51.4 Å². The third kappa shape index (κ3) is 37.5. The molecular weight excluding hydrogens is 651 g/mol. The molecule has 4 atom stereocenters. The summed E-state index contributed by atoms with van der Waals surface area (Å²) in [5, 5.41) is 34.4. The summed E-state index contributed by atoms with van der Waals surface area (Å²) in [4.78, 5) is 41.7. The van der Waals surface area contributed by atoms with Crippen LogP contribution in [0.2, 0.25) is 0 Å². The molecule has 0 saturated carbocycles. The molecule has 0 radical (unpaired) electrons. The molecule has 0 bridgehead atoms. The molecule has 0 spiro atoms. The maximum Gasteiger partial charge on any atom is 0.306 e. The number of carbonyl (C=O) groups is 4. The van der Waals surface area contributed by atoms with Gasteiger partial charge in [0.15, 0.2) is 0 Å². The number of rotatable bonds is 20. The number of aliphatic carboxylic acids is 4. The zero-order valence-electron chi connectivity index (χ0n) is 28.0. The topological polar surface area (TPSA) is 149 Å². The van der Waals surface area contributed by atoms with Crippen molar-refractivity contribution in [1.82, 2.24) is 0 Å². The summed E-state index contributed by atoms with van der Waals surface area (Å²) in [6, 6.07) is 0. The molecule has 4 unspecified atom stereocenters. The monoisotopic (exact) mass is 714 g/mol. The zero-order chi connectivity index (χ0) is 31.9. The first kappa shape index (κ1) is 54.0. The van der Waals surface area contributed by atoms with Crippen LogP contribution in [-0.2, 0) is 67.1 Å². The van der Waals surface area contributed by atoms with E-state index in [-0.39, 0.29) is 71.6 Å². The van der Waals surface area contributed by atoms with Gasteiger partial charge in [-0.3, -0.25) is 19.2 Å². The van der Waals surface area contributed by atoms with E-state index in [1.54, 1.807) is 0 Å². The van der Waals surface area contributed by atoms with E-state index in [0.717, 1.165) is 103 Å². The number of hydrogen-bond donors (Lipinski definition) is 4. The van der Waals surface area contributed by atoms with Gasteiger partial charge in [0.1, 0.15) is 0 Å². The average molecular weight is 716 g/mol. The van der Waals surface area contributed by atoms with Crippen LogP contribution < -0.4 is 0 Å². The van der Waals surface area contributed by atoms with Crippen molar-refractivity contribution in [3.8, 4) is 0 Å². The van der Waals surface area contributed by atoms with Gasteiger partial charge >= 0.3 is 23.9 Å². The average Bonchev–Trinajstić information content (AvgIpc) is 2.91. The van der Waals surface area contributed by atoms with E-state index in [1.165, 1.54) is 0 Å². The van der Waals surface area contributed by atoms with Gasteiger partial charge in [-0.1, -0.05) is 107 Å². The Morgan fingerprint density at radius 2 is 0.548 bits per heavy atom. The summed E-state index contributed by atoms with van der Waals surface area (Å²) < 4.78 is 0. The van der Waals surface area contributed by atoms with Crippen LogP contribution >= 0.6 is 0 Å². The molecule has 0 fully saturated rings. The molecule has 0 aromatic carbocycles. The third-order valence-corrected chi connectivity index (χ3v) is 6.99. The smallest absolute Gasteiger partial charge is 0.306 e. The Kier molecular flexibility index (Phi) is 52.0. The Hall–Kier alpha value is -0.523. The summed E-state index contributed by atoms with van der Waals surface area (Å²) in [7, 11) is 0. The Labute approximate surface area is 291 Å². The van der Waals surface area contributed by atoms with Crippen molar-refractivity contribution in [3.63, 3.8) is 0 Å². The first-order valence-corrected chi connectivity index (χ1v) is 15.8. The predicted octanol–water partition coefficient (Wildman–Crippen LogP) is 9.14. The molecule has 0 heterocycles. The van der Waals surface area contributed by atoms with E-state index in [1.807, 2.05) is 27.7 Å². The van der Waals surface area contributed by atoms with E-state index in [0.29, 0.717) is 0 Å². The van der Waals surface area contributed by atoms with Crippen molar-refractivity contribution in [1.29, 1.82) is 0 Å². The van der Waals surface area contributed by atoms with Gasteiger partial charge in [0.05, 0.1) is 23.7 Å². The predicted molar refractivity (Wildman–Crippen MR) is 164 cm³/mol. The molecule has 0 amide bonds. The van der Waals surface area contributed by atoms with Crippen LogP contribution in [0.25, 0.3) is 0 Å². The molecule has 0 aliphatic heterocycles. The molecule has 10 heteroatoms. The molecule has 0 aliphatic rings. The number of carboxylic acids is 4. The molecule has 0 aromatic heterocycles. The van der Waals surface area contributed by atoms with Crippen molar-refractivity contribution in [2.45, 2.75) is 158 Å². The van der Waals surface area contributed by atoms with Crippen LogP contribution in [0.1, 0.15) is 158 Å². The fourth-order valence-electron chi connectivity index (χ4n) is 3.81. The summed E-state index contributed by atoms with van der Waals surface area (Å²) in [5.41, 5.74) is 0. The van der Waals surface area contributed by atoms with Crippen LogP contribution in [0.15, 0.2) is 0 Å². The first-order chi connectivity index (χ1) is 18.9. The Bertz CT molecular complexity index is 515. The van der Waals surface area contributed by atoms with Gasteiger partial charge in [-0.2, -0.15) is 0 Å². The molecule has 42 heavy (non-hydrogen) atoms. The molecule has 0 rings (SSSR count). The molecule has 4 N–H and O–H groups in total. The third-order valence-electron chi connectivity index (χ3n) is 6.99. The Morgan fingerprint density at radius 3 is 0.619 bits per heavy atom. The maximum absolute atomic E-state index is 10.4. The summed E-state index contributed by atoms with van der Waals surface area (Å²) >= 11 is 0. The molecule has 8 nitrogen and oxygen atoms in total. The fourth-order valence-corrected chi connectivity index (χ4v) is 3.81. The number of carboxylic acid groups (broad SMARTS) is 4. The van der Waals surface area contributed by atoms with Gasteiger partial charge in [0, 0.05) is 47.9 Å². The number of hydrogen-bond acceptors (Lipinski definition) is 4. The number of unbranched alkanes of at least 4 members (excludes halogenated alkanes) is 4. The van der Waals surface area contributed by atoms with Crippen LogP contribution in [0.4, 0.5) is 0 Å². The van der Waals surface area contributed by atoms with Crippen molar-refractivity contribution >= 4 is 23.9 Å². The second-order valence-corrected chi connectivity index (χ2v) is 10.3. The van der Waals surface area contributed by atoms with E-state index < -0.39 is 23.9 Å². The summed E-state index contributed by atoms with van der Waals surface area (Å²) in [6.45, 7) is 16.0. The molecule has 0 aliphatic carbocycles. The van der Waals surface area contributed by atoms with Gasteiger partial charge in [-0.15, -0.1) is 0 Å². The van der Waals surface area contributed by atoms with Gasteiger partial charge in [-0.25, -0.2) is 0 Å². The zero-order valence-corrected chi connectivity index (χ0v) is 32.1. The van der Waals surface area contributed by atoms with Crippen LogP contribution in [-0.4, -0.2) is 44.3 Å². The molecule has 0 saturated heterocycles. The fraction of sp³-hybridized carbons (Fsp3) is 0.875. The standard InChI is InChI=1S/4C8H16O2.Ti.Zr/c4*1-3-5-6-7(4-2)8(9)10;;/h4*7H,3-6H2,1-2H3,(H,9,10);;. The largest absolute Gasteiger partial charge is 0.481 e. The van der Waals surface area contributed by atoms with Crippen molar-refractivity contribution in [2.24, 2.45) is 23.7 Å². The van der Waals surface area contributed by atoms with Gasteiger partial charge < -0.3 is 20.4 Å². The minimum Gasteiger partial charge on any atom is -0.481 e. The normalized spacial score (nSPS) is 12.4. The van der Waals surface area contributed by atoms with Crippen LogP contribution in [0, 0.1) is 23.7 Å². The Balaban J connectivity index is -0.000000101. The van der Waals surface area contributed by atoms with Crippen LogP contribution in [0.3, 0.4) is 0 Å². The maximum atomic E-state index is 10.4. The van der Waals surface area contributed by atoms with Gasteiger partial charge in [0.2, 0.25) is 0 Å². The van der Waals surface area contributed by atoms with Crippen LogP contribution in [0.5, 0.6) is 0 Å². The minimum atomic E-state index is -0.643. The Morgan fingerprint density at radius 1 is 0.405 bits per heavy atom. The quantitative estimate of drug-likeness (QED) is 0.0912. The van der Waals surface area contributed by atoms with E-state index in [2.05, 4.69) is 27.7 Å². The molecule has 248 valence electrons. The second-order valence-electron chi connectivity index (χ2n) is 10.3. The van der Waals surface area contributed by atoms with Crippen molar-refractivity contribution in [3.05, 3.63) is 0 Å². The molecular formula is C32H64O8TiZr. The van der Waals surface area contributed by atoms with Crippen molar-refractivity contribution < 1.29 is 87.5 Å². The minimum absolute atomic E-state index is 0. The van der Waals surface area contributed by atoms with Crippen molar-refractivity contribution in [2.75, 3.05) is 0 Å². The van der Waals surface area contributed by atoms with E-state index in [4.69, 9.17) is 20.4 Å². The second kappa shape index (κ2) is 40.5. The van der Waals surface area contributed by atoms with Gasteiger partial charge in [0.25, 0.3) is 0 Å².